The third kappa shape index (κ3) is 3.91. The zero-order valence-corrected chi connectivity index (χ0v) is 16.6. The summed E-state index contributed by atoms with van der Waals surface area (Å²) in [4.78, 5) is 30.9. The van der Waals surface area contributed by atoms with Gasteiger partial charge in [0.15, 0.2) is 0 Å². The third-order valence-electron chi connectivity index (χ3n) is 5.56. The Balaban J connectivity index is 1.30. The van der Waals surface area contributed by atoms with Crippen molar-refractivity contribution in [2.45, 2.75) is 31.8 Å². The number of nitrogens with zero attached hydrogens (tertiary/aromatic N) is 2. The van der Waals surface area contributed by atoms with Gasteiger partial charge in [-0.1, -0.05) is 12.1 Å². The summed E-state index contributed by atoms with van der Waals surface area (Å²) in [7, 11) is 0. The van der Waals surface area contributed by atoms with Crippen molar-refractivity contribution >= 4 is 23.2 Å². The lowest BCUT2D eigenvalue weighted by molar-refractivity contribution is -0.124. The van der Waals surface area contributed by atoms with E-state index in [4.69, 9.17) is 0 Å². The molecule has 0 aliphatic carbocycles. The minimum Gasteiger partial charge on any atom is -0.507 e. The van der Waals surface area contributed by atoms with Crippen molar-refractivity contribution in [2.24, 2.45) is 0 Å². The van der Waals surface area contributed by atoms with Crippen molar-refractivity contribution in [3.8, 4) is 5.75 Å². The molecule has 2 amide bonds. The Labute approximate surface area is 168 Å². The molecule has 1 saturated heterocycles. The van der Waals surface area contributed by atoms with E-state index < -0.39 is 6.04 Å². The second-order valence-corrected chi connectivity index (χ2v) is 8.36. The van der Waals surface area contributed by atoms with Crippen LogP contribution in [0.2, 0.25) is 0 Å². The number of carbonyl (C=O) groups is 2. The molecule has 2 aromatic rings. The minimum atomic E-state index is -0.461. The average Bonchev–Trinajstić information content (AvgIpc) is 3.37. The van der Waals surface area contributed by atoms with Crippen LogP contribution in [-0.4, -0.2) is 58.9 Å². The third-order valence-corrected chi connectivity index (χ3v) is 6.59. The summed E-state index contributed by atoms with van der Waals surface area (Å²) in [6, 6.07) is 8.22. The van der Waals surface area contributed by atoms with Gasteiger partial charge in [0.25, 0.3) is 5.91 Å². The Bertz CT molecular complexity index is 866. The Morgan fingerprint density at radius 2 is 2.07 bits per heavy atom. The molecule has 1 unspecified atom stereocenters. The topological polar surface area (TPSA) is 72.9 Å². The first-order valence-corrected chi connectivity index (χ1v) is 10.7. The van der Waals surface area contributed by atoms with Crippen LogP contribution >= 0.6 is 11.3 Å². The first-order chi connectivity index (χ1) is 13.6. The fourth-order valence-electron chi connectivity index (χ4n) is 4.04. The summed E-state index contributed by atoms with van der Waals surface area (Å²) >= 11 is 1.82. The van der Waals surface area contributed by atoms with Crippen LogP contribution in [0, 0.1) is 0 Å². The standard InChI is InChI=1S/C21H25N3O3S/c25-18-6-2-1-4-16(18)21(27)24-10-3-5-17(24)20(26)22-9-12-23-11-7-19-15(14-23)8-13-28-19/h1-2,4,6,8,13,17,25H,3,5,7,9-12,14H2,(H,22,26). The van der Waals surface area contributed by atoms with Gasteiger partial charge in [0.1, 0.15) is 11.8 Å². The molecule has 148 valence electrons. The van der Waals surface area contributed by atoms with Crippen molar-refractivity contribution in [3.63, 3.8) is 0 Å². The van der Waals surface area contributed by atoms with Gasteiger partial charge in [-0.25, -0.2) is 0 Å². The number of phenols is 1. The molecule has 2 aliphatic heterocycles. The smallest absolute Gasteiger partial charge is 0.258 e. The van der Waals surface area contributed by atoms with E-state index in [9.17, 15) is 14.7 Å². The van der Waals surface area contributed by atoms with Crippen LogP contribution < -0.4 is 5.32 Å². The molecular weight excluding hydrogens is 374 g/mol. The fraction of sp³-hybridized carbons (Fsp3) is 0.429. The summed E-state index contributed by atoms with van der Waals surface area (Å²) in [5, 5.41) is 15.1. The Morgan fingerprint density at radius 3 is 2.93 bits per heavy atom. The minimum absolute atomic E-state index is 0.0449. The second-order valence-electron chi connectivity index (χ2n) is 7.36. The molecule has 0 spiro atoms. The number of carbonyl (C=O) groups excluding carboxylic acids is 2. The number of nitrogens with one attached hydrogen (secondary N) is 1. The van der Waals surface area contributed by atoms with Crippen molar-refractivity contribution in [3.05, 3.63) is 51.7 Å². The van der Waals surface area contributed by atoms with Gasteiger partial charge in [0.05, 0.1) is 5.56 Å². The van der Waals surface area contributed by atoms with Crippen molar-refractivity contribution in [2.75, 3.05) is 26.2 Å². The zero-order chi connectivity index (χ0) is 19.5. The second kappa shape index (κ2) is 8.32. The van der Waals surface area contributed by atoms with Gasteiger partial charge in [-0.05, 0) is 48.4 Å². The van der Waals surface area contributed by atoms with E-state index in [1.165, 1.54) is 16.5 Å². The summed E-state index contributed by atoms with van der Waals surface area (Å²) < 4.78 is 0. The molecule has 7 heteroatoms. The molecular formula is C21H25N3O3S. The molecule has 1 fully saturated rings. The maximum Gasteiger partial charge on any atom is 0.258 e. The fourth-order valence-corrected chi connectivity index (χ4v) is 4.93. The summed E-state index contributed by atoms with van der Waals surface area (Å²) in [5.41, 5.74) is 1.65. The highest BCUT2D eigenvalue weighted by Crippen LogP contribution is 2.25. The Morgan fingerprint density at radius 1 is 1.21 bits per heavy atom. The maximum absolute atomic E-state index is 12.8. The number of aromatic hydroxyl groups is 1. The highest BCUT2D eigenvalue weighted by Gasteiger charge is 2.35. The largest absolute Gasteiger partial charge is 0.507 e. The molecule has 2 aliphatic rings. The monoisotopic (exact) mass is 399 g/mol. The predicted molar refractivity (Wildman–Crippen MR) is 108 cm³/mol. The van der Waals surface area contributed by atoms with E-state index in [1.807, 2.05) is 11.3 Å². The quantitative estimate of drug-likeness (QED) is 0.809. The normalized spacial score (nSPS) is 19.4. The van der Waals surface area contributed by atoms with Crippen LogP contribution in [0.5, 0.6) is 5.75 Å². The average molecular weight is 400 g/mol. The lowest BCUT2D eigenvalue weighted by atomic mass is 10.1. The molecule has 1 aromatic carbocycles. The van der Waals surface area contributed by atoms with E-state index in [1.54, 1.807) is 23.1 Å². The van der Waals surface area contributed by atoms with Crippen molar-refractivity contribution in [1.29, 1.82) is 0 Å². The number of likely N-dealkylation sites (tertiary alicyclic amines) is 1. The van der Waals surface area contributed by atoms with E-state index in [0.29, 0.717) is 19.5 Å². The molecule has 6 nitrogen and oxygen atoms in total. The number of fused-ring (bicyclic) bond motifs is 1. The number of phenolic OH excluding ortho intramolecular Hbond substituents is 1. The van der Waals surface area contributed by atoms with E-state index >= 15 is 0 Å². The van der Waals surface area contributed by atoms with Gasteiger partial charge in [-0.15, -0.1) is 11.3 Å². The highest BCUT2D eigenvalue weighted by molar-refractivity contribution is 7.10. The lowest BCUT2D eigenvalue weighted by Gasteiger charge is -2.28. The van der Waals surface area contributed by atoms with E-state index in [0.717, 1.165) is 32.5 Å². The predicted octanol–water partition coefficient (Wildman–Crippen LogP) is 2.23. The Kier molecular flexibility index (Phi) is 5.64. The van der Waals surface area contributed by atoms with Crippen LogP contribution in [0.3, 0.4) is 0 Å². The van der Waals surface area contributed by atoms with Crippen LogP contribution in [-0.2, 0) is 17.8 Å². The number of thiophene rings is 1. The lowest BCUT2D eigenvalue weighted by Crippen LogP contribution is -2.47. The molecule has 1 aromatic heterocycles. The van der Waals surface area contributed by atoms with Crippen LogP contribution in [0.15, 0.2) is 35.7 Å². The molecule has 3 heterocycles. The van der Waals surface area contributed by atoms with Gasteiger partial charge < -0.3 is 15.3 Å². The SMILES string of the molecule is O=C(NCCN1CCc2sccc2C1)C1CCCN1C(=O)c1ccccc1O. The number of hydrogen-bond donors (Lipinski definition) is 2. The van der Waals surface area contributed by atoms with Crippen LogP contribution in [0.4, 0.5) is 0 Å². The number of benzene rings is 1. The first kappa shape index (κ1) is 19.0. The summed E-state index contributed by atoms with van der Waals surface area (Å²) in [6.07, 6.45) is 2.53. The van der Waals surface area contributed by atoms with Gasteiger partial charge >= 0.3 is 0 Å². The summed E-state index contributed by atoms with van der Waals surface area (Å²) in [6.45, 7) is 3.88. The number of amides is 2. The molecule has 28 heavy (non-hydrogen) atoms. The molecule has 1 atom stereocenters. The molecule has 2 N–H and O–H groups in total. The number of rotatable bonds is 5. The van der Waals surface area contributed by atoms with Crippen LogP contribution in [0.1, 0.15) is 33.6 Å². The van der Waals surface area contributed by atoms with E-state index in [2.05, 4.69) is 21.7 Å². The van der Waals surface area contributed by atoms with Gasteiger partial charge in [0, 0.05) is 37.6 Å². The molecule has 0 saturated carbocycles. The Hall–Kier alpha value is -2.38. The summed E-state index contributed by atoms with van der Waals surface area (Å²) in [5.74, 6) is -0.428. The molecule has 0 bridgehead atoms. The number of para-hydroxylation sites is 1. The highest BCUT2D eigenvalue weighted by atomic mass is 32.1. The maximum atomic E-state index is 12.8. The van der Waals surface area contributed by atoms with Crippen molar-refractivity contribution in [1.82, 2.24) is 15.1 Å². The van der Waals surface area contributed by atoms with Gasteiger partial charge in [-0.2, -0.15) is 0 Å². The van der Waals surface area contributed by atoms with Gasteiger partial charge in [-0.3, -0.25) is 14.5 Å². The van der Waals surface area contributed by atoms with Crippen molar-refractivity contribution < 1.29 is 14.7 Å². The van der Waals surface area contributed by atoms with Crippen LogP contribution in [0.25, 0.3) is 0 Å². The zero-order valence-electron chi connectivity index (χ0n) is 15.8. The van der Waals surface area contributed by atoms with Gasteiger partial charge in [0.2, 0.25) is 5.91 Å². The molecule has 0 radical (unpaired) electrons. The number of hydrogen-bond acceptors (Lipinski definition) is 5. The van der Waals surface area contributed by atoms with E-state index in [-0.39, 0.29) is 23.1 Å². The molecule has 4 rings (SSSR count). The first-order valence-electron chi connectivity index (χ1n) is 9.78.